The second-order valence-corrected chi connectivity index (χ2v) is 9.75. The molecule has 0 amide bonds. The van der Waals surface area contributed by atoms with E-state index in [1.54, 1.807) is 0 Å². The molecule has 6 aromatic rings. The second-order valence-electron chi connectivity index (χ2n) is 9.75. The fraction of sp³-hybridized carbons (Fsp3) is 0.233. The molecular weight excluding hydrogens is 418 g/mol. The van der Waals surface area contributed by atoms with Crippen LogP contribution in [0.1, 0.15) is 56.6 Å². The van der Waals surface area contributed by atoms with Crippen LogP contribution in [-0.2, 0) is 0 Å². The second kappa shape index (κ2) is 7.63. The van der Waals surface area contributed by atoms with E-state index in [9.17, 15) is 0 Å². The van der Waals surface area contributed by atoms with Gasteiger partial charge in [-0.05, 0) is 48.1 Å². The van der Waals surface area contributed by atoms with Crippen LogP contribution in [0.3, 0.4) is 0 Å². The fourth-order valence-corrected chi connectivity index (χ4v) is 4.83. The maximum Gasteiger partial charge on any atom is 0.227 e. The van der Waals surface area contributed by atoms with Crippen molar-refractivity contribution in [2.45, 2.75) is 46.5 Å². The van der Waals surface area contributed by atoms with Crippen LogP contribution >= 0.6 is 0 Å². The lowest BCUT2D eigenvalue weighted by molar-refractivity contribution is 0.648. The first-order valence-corrected chi connectivity index (χ1v) is 11.9. The van der Waals surface area contributed by atoms with Crippen LogP contribution < -0.4 is 0 Å². The number of fused-ring (bicyclic) bond motifs is 6. The van der Waals surface area contributed by atoms with Crippen LogP contribution in [-0.4, -0.2) is 15.0 Å². The molecule has 0 aliphatic carbocycles. The predicted octanol–water partition coefficient (Wildman–Crippen LogP) is 8.30. The Labute approximate surface area is 198 Å². The number of hydrogen-bond acceptors (Lipinski definition) is 4. The smallest absolute Gasteiger partial charge is 0.227 e. The molecule has 3 heterocycles. The quantitative estimate of drug-likeness (QED) is 0.257. The summed E-state index contributed by atoms with van der Waals surface area (Å²) in [5.74, 6) is 1.38. The van der Waals surface area contributed by atoms with Crippen molar-refractivity contribution in [2.24, 2.45) is 0 Å². The summed E-state index contributed by atoms with van der Waals surface area (Å²) in [6.45, 7) is 10.7. The van der Waals surface area contributed by atoms with Crippen LogP contribution in [0.15, 0.2) is 65.1 Å². The molecule has 0 aliphatic heterocycles. The van der Waals surface area contributed by atoms with Crippen LogP contribution in [0.25, 0.3) is 55.0 Å². The van der Waals surface area contributed by atoms with Crippen molar-refractivity contribution in [3.05, 3.63) is 77.7 Å². The molecule has 0 spiro atoms. The van der Waals surface area contributed by atoms with E-state index in [-0.39, 0.29) is 5.92 Å². The minimum atomic E-state index is 0.201. The molecule has 168 valence electrons. The molecule has 0 atom stereocenters. The minimum absolute atomic E-state index is 0.201. The Balaban J connectivity index is 1.73. The van der Waals surface area contributed by atoms with E-state index in [1.807, 2.05) is 0 Å². The lowest BCUT2D eigenvalue weighted by Gasteiger charge is -2.14. The third-order valence-electron chi connectivity index (χ3n) is 6.68. The van der Waals surface area contributed by atoms with Gasteiger partial charge < -0.3 is 4.42 Å². The lowest BCUT2D eigenvalue weighted by atomic mass is 9.97. The lowest BCUT2D eigenvalue weighted by Crippen LogP contribution is -2.01. The zero-order chi connectivity index (χ0) is 23.6. The van der Waals surface area contributed by atoms with E-state index in [0.717, 1.165) is 50.0 Å². The Morgan fingerprint density at radius 2 is 1.50 bits per heavy atom. The number of nitrogens with zero attached hydrogens (tertiary/aromatic N) is 3. The van der Waals surface area contributed by atoms with E-state index in [4.69, 9.17) is 19.4 Å². The molecule has 0 radical (unpaired) electrons. The van der Waals surface area contributed by atoms with Gasteiger partial charge in [-0.1, -0.05) is 64.1 Å². The molecule has 0 saturated carbocycles. The van der Waals surface area contributed by atoms with E-state index < -0.39 is 0 Å². The Morgan fingerprint density at radius 1 is 0.706 bits per heavy atom. The summed E-state index contributed by atoms with van der Waals surface area (Å²) < 4.78 is 6.42. The number of aryl methyl sites for hydroxylation is 1. The van der Waals surface area contributed by atoms with Crippen molar-refractivity contribution in [1.82, 2.24) is 15.0 Å². The van der Waals surface area contributed by atoms with Gasteiger partial charge in [-0.2, -0.15) is 0 Å². The zero-order valence-corrected chi connectivity index (χ0v) is 20.2. The van der Waals surface area contributed by atoms with Crippen LogP contribution in [0.2, 0.25) is 0 Å². The summed E-state index contributed by atoms with van der Waals surface area (Å²) in [6, 6.07) is 21.2. The summed E-state index contributed by atoms with van der Waals surface area (Å²) in [7, 11) is 0. The Morgan fingerprint density at radius 3 is 2.29 bits per heavy atom. The third-order valence-corrected chi connectivity index (χ3v) is 6.68. The first-order valence-electron chi connectivity index (χ1n) is 11.9. The molecule has 0 saturated heterocycles. The predicted molar refractivity (Wildman–Crippen MR) is 140 cm³/mol. The maximum atomic E-state index is 6.42. The highest BCUT2D eigenvalue weighted by atomic mass is 16.3. The largest absolute Gasteiger partial charge is 0.437 e. The van der Waals surface area contributed by atoms with Crippen molar-refractivity contribution < 1.29 is 4.42 Å². The molecule has 6 rings (SSSR count). The van der Waals surface area contributed by atoms with Gasteiger partial charge >= 0.3 is 0 Å². The summed E-state index contributed by atoms with van der Waals surface area (Å²) in [5, 5.41) is 5.51. The SMILES string of the molecule is Cc1cccc2ccc3c(-c4cccc5c4oc4nc(C(C)C)ccc45)nc(C(C)C)nc3c12. The normalized spacial score (nSPS) is 12.2. The van der Waals surface area contributed by atoms with Gasteiger partial charge in [0.25, 0.3) is 0 Å². The molecule has 0 fully saturated rings. The zero-order valence-electron chi connectivity index (χ0n) is 20.2. The number of furan rings is 1. The van der Waals surface area contributed by atoms with Crippen LogP contribution in [0, 0.1) is 6.92 Å². The molecule has 0 N–H and O–H groups in total. The van der Waals surface area contributed by atoms with Gasteiger partial charge in [0.1, 0.15) is 11.4 Å². The number of pyridine rings is 1. The Hall–Kier alpha value is -3.79. The Kier molecular flexibility index (Phi) is 4.66. The van der Waals surface area contributed by atoms with E-state index in [0.29, 0.717) is 11.6 Å². The first kappa shape index (κ1) is 20.8. The van der Waals surface area contributed by atoms with Gasteiger partial charge in [0.15, 0.2) is 0 Å². The van der Waals surface area contributed by atoms with Crippen LogP contribution in [0.4, 0.5) is 0 Å². The number of para-hydroxylation sites is 1. The van der Waals surface area contributed by atoms with Crippen molar-refractivity contribution in [3.63, 3.8) is 0 Å². The molecule has 3 aromatic heterocycles. The molecule has 3 aromatic carbocycles. The Bertz CT molecular complexity index is 1730. The van der Waals surface area contributed by atoms with Crippen molar-refractivity contribution >= 4 is 43.7 Å². The molecule has 0 aliphatic rings. The summed E-state index contributed by atoms with van der Waals surface area (Å²) >= 11 is 0. The first-order chi connectivity index (χ1) is 16.4. The highest BCUT2D eigenvalue weighted by Gasteiger charge is 2.20. The monoisotopic (exact) mass is 445 g/mol. The minimum Gasteiger partial charge on any atom is -0.437 e. The highest BCUT2D eigenvalue weighted by molar-refractivity contribution is 6.14. The highest BCUT2D eigenvalue weighted by Crippen LogP contribution is 2.39. The number of rotatable bonds is 3. The van der Waals surface area contributed by atoms with E-state index in [1.165, 1.54) is 16.3 Å². The molecular formula is C30H27N3O. The number of benzene rings is 3. The molecule has 0 unspecified atom stereocenters. The third kappa shape index (κ3) is 3.09. The van der Waals surface area contributed by atoms with Crippen molar-refractivity contribution in [2.75, 3.05) is 0 Å². The molecule has 0 bridgehead atoms. The van der Waals surface area contributed by atoms with E-state index >= 15 is 0 Å². The number of aromatic nitrogens is 3. The van der Waals surface area contributed by atoms with Crippen molar-refractivity contribution in [3.8, 4) is 11.3 Å². The number of hydrogen-bond donors (Lipinski definition) is 0. The molecule has 4 nitrogen and oxygen atoms in total. The maximum absolute atomic E-state index is 6.42. The average molecular weight is 446 g/mol. The molecule has 4 heteroatoms. The van der Waals surface area contributed by atoms with Gasteiger partial charge in [0.05, 0.1) is 11.2 Å². The van der Waals surface area contributed by atoms with Gasteiger partial charge in [-0.15, -0.1) is 0 Å². The topological polar surface area (TPSA) is 51.8 Å². The summed E-state index contributed by atoms with van der Waals surface area (Å²) in [5.41, 5.74) is 6.64. The van der Waals surface area contributed by atoms with E-state index in [2.05, 4.69) is 95.3 Å². The van der Waals surface area contributed by atoms with Gasteiger partial charge in [-0.25, -0.2) is 15.0 Å². The standard InChI is InChI=1S/C30H27N3O/c1-16(2)24-15-14-21-20-10-7-11-23(28(20)34-30(21)31-24)26-22-13-12-19-9-6-8-18(5)25(19)27(22)33-29(32-26)17(3)4/h6-17H,1-5H3. The average Bonchev–Trinajstić information content (AvgIpc) is 3.21. The van der Waals surface area contributed by atoms with Gasteiger partial charge in [-0.3, -0.25) is 0 Å². The van der Waals surface area contributed by atoms with Crippen molar-refractivity contribution in [1.29, 1.82) is 0 Å². The summed E-state index contributed by atoms with van der Waals surface area (Å²) in [6.07, 6.45) is 0. The fourth-order valence-electron chi connectivity index (χ4n) is 4.83. The summed E-state index contributed by atoms with van der Waals surface area (Å²) in [4.78, 5) is 14.9. The van der Waals surface area contributed by atoms with Gasteiger partial charge in [0.2, 0.25) is 5.71 Å². The molecule has 34 heavy (non-hydrogen) atoms. The van der Waals surface area contributed by atoms with Crippen LogP contribution in [0.5, 0.6) is 0 Å². The van der Waals surface area contributed by atoms with Gasteiger partial charge in [0, 0.05) is 38.7 Å².